The molecule has 0 fully saturated rings. The van der Waals surface area contributed by atoms with Gasteiger partial charge in [-0.2, -0.15) is 0 Å². The molecular weight excluding hydrogens is 337 g/mol. The van der Waals surface area contributed by atoms with Gasteiger partial charge in [-0.05, 0) is 56.0 Å². The van der Waals surface area contributed by atoms with Crippen LogP contribution < -0.4 is 0 Å². The van der Waals surface area contributed by atoms with Gasteiger partial charge in [-0.15, -0.1) is 0 Å². The first-order valence-electron chi connectivity index (χ1n) is 8.36. The Labute approximate surface area is 153 Å². The molecule has 0 aliphatic heterocycles. The number of ether oxygens (including phenoxy) is 1. The lowest BCUT2D eigenvalue weighted by molar-refractivity contribution is -0.384. The van der Waals surface area contributed by atoms with Crippen molar-refractivity contribution in [2.45, 2.75) is 40.2 Å². The van der Waals surface area contributed by atoms with E-state index in [9.17, 15) is 19.3 Å². The fourth-order valence-electron chi connectivity index (χ4n) is 2.29. The third-order valence-corrected chi connectivity index (χ3v) is 3.41. The van der Waals surface area contributed by atoms with Gasteiger partial charge < -0.3 is 4.74 Å². The van der Waals surface area contributed by atoms with E-state index in [1.807, 2.05) is 19.9 Å². The molecule has 0 bridgehead atoms. The first-order valence-corrected chi connectivity index (χ1v) is 8.36. The molecule has 6 heteroatoms. The number of esters is 1. The molecule has 5 nitrogen and oxygen atoms in total. The van der Waals surface area contributed by atoms with E-state index in [-0.39, 0.29) is 17.6 Å². The minimum Gasteiger partial charge on any atom is -0.459 e. The van der Waals surface area contributed by atoms with Gasteiger partial charge in [0.25, 0.3) is 5.69 Å². The zero-order chi connectivity index (χ0) is 19.7. The Bertz CT molecular complexity index is 712. The lowest BCUT2D eigenvalue weighted by Gasteiger charge is -2.15. The predicted octanol–water partition coefficient (Wildman–Crippen LogP) is 5.32. The van der Waals surface area contributed by atoms with Crippen LogP contribution in [-0.4, -0.2) is 17.0 Å². The number of benzene rings is 2. The van der Waals surface area contributed by atoms with Crippen LogP contribution in [0.25, 0.3) is 0 Å². The van der Waals surface area contributed by atoms with Gasteiger partial charge in [0.1, 0.15) is 5.82 Å². The second-order valence-electron chi connectivity index (χ2n) is 6.45. The number of rotatable bonds is 5. The van der Waals surface area contributed by atoms with E-state index >= 15 is 0 Å². The summed E-state index contributed by atoms with van der Waals surface area (Å²) in [6.45, 7) is 7.80. The molecule has 0 heterocycles. The summed E-state index contributed by atoms with van der Waals surface area (Å²) in [5.41, 5.74) is 1.25. The van der Waals surface area contributed by atoms with Crippen LogP contribution in [0.2, 0.25) is 0 Å². The summed E-state index contributed by atoms with van der Waals surface area (Å²) in [4.78, 5) is 21.7. The highest BCUT2D eigenvalue weighted by Gasteiger charge is 2.14. The summed E-state index contributed by atoms with van der Waals surface area (Å²) in [6.07, 6.45) is 0.631. The number of aryl methyl sites for hydroxylation is 1. The number of nitro groups is 1. The van der Waals surface area contributed by atoms with Gasteiger partial charge in [-0.3, -0.25) is 10.1 Å². The van der Waals surface area contributed by atoms with Crippen LogP contribution in [0, 0.1) is 28.8 Å². The van der Waals surface area contributed by atoms with Crippen LogP contribution in [-0.2, 0) is 4.74 Å². The van der Waals surface area contributed by atoms with Crippen LogP contribution in [0.1, 0.15) is 43.1 Å². The van der Waals surface area contributed by atoms with Gasteiger partial charge in [-0.1, -0.05) is 26.0 Å². The molecule has 1 atom stereocenters. The van der Waals surface area contributed by atoms with Crippen molar-refractivity contribution in [2.24, 2.45) is 5.92 Å². The molecule has 0 radical (unpaired) electrons. The van der Waals surface area contributed by atoms with Crippen molar-refractivity contribution in [3.05, 3.63) is 75.6 Å². The Balaban J connectivity index is 0.000000350. The van der Waals surface area contributed by atoms with Crippen molar-refractivity contribution in [3.8, 4) is 0 Å². The summed E-state index contributed by atoms with van der Waals surface area (Å²) in [7, 11) is 0. The minimum atomic E-state index is -0.503. The SMILES string of the molecule is CC(C)CC(C)OC(=O)c1ccc([N+](=O)[O-])cc1.Cc1cccc(F)c1. The highest BCUT2D eigenvalue weighted by molar-refractivity contribution is 5.89. The fraction of sp³-hybridized carbons (Fsp3) is 0.350. The molecule has 2 rings (SSSR count). The summed E-state index contributed by atoms with van der Waals surface area (Å²) >= 11 is 0. The van der Waals surface area contributed by atoms with Gasteiger partial charge in [0.05, 0.1) is 16.6 Å². The van der Waals surface area contributed by atoms with Crippen LogP contribution in [0.4, 0.5) is 10.1 Å². The molecule has 26 heavy (non-hydrogen) atoms. The largest absolute Gasteiger partial charge is 0.459 e. The zero-order valence-corrected chi connectivity index (χ0v) is 15.4. The van der Waals surface area contributed by atoms with Crippen molar-refractivity contribution in [2.75, 3.05) is 0 Å². The first-order chi connectivity index (χ1) is 12.2. The molecule has 2 aromatic carbocycles. The second kappa shape index (κ2) is 10.3. The standard InChI is InChI=1S/C13H17NO4.C7H7F/c1-9(2)8-10(3)18-13(15)11-4-6-12(7-5-11)14(16)17;1-6-3-2-4-7(8)5-6/h4-7,9-10H,8H2,1-3H3;2-5H,1H3. The van der Waals surface area contributed by atoms with Gasteiger partial charge in [0, 0.05) is 12.1 Å². The average Bonchev–Trinajstić information content (AvgIpc) is 2.54. The van der Waals surface area contributed by atoms with Crippen LogP contribution in [0.15, 0.2) is 48.5 Å². The number of nitrogens with zero attached hydrogens (tertiary/aromatic N) is 1. The van der Waals surface area contributed by atoms with Crippen LogP contribution >= 0.6 is 0 Å². The second-order valence-corrected chi connectivity index (χ2v) is 6.45. The summed E-state index contributed by atoms with van der Waals surface area (Å²) < 4.78 is 17.4. The van der Waals surface area contributed by atoms with Crippen LogP contribution in [0.5, 0.6) is 0 Å². The maximum Gasteiger partial charge on any atom is 0.338 e. The van der Waals surface area contributed by atoms with Gasteiger partial charge in [-0.25, -0.2) is 9.18 Å². The maximum absolute atomic E-state index is 12.2. The number of carbonyl (C=O) groups excluding carboxylic acids is 1. The third-order valence-electron chi connectivity index (χ3n) is 3.41. The Kier molecular flexibility index (Phi) is 8.42. The van der Waals surface area contributed by atoms with Gasteiger partial charge >= 0.3 is 5.97 Å². The molecular formula is C20H24FNO4. The van der Waals surface area contributed by atoms with Crippen LogP contribution in [0.3, 0.4) is 0 Å². The Hall–Kier alpha value is -2.76. The van der Waals surface area contributed by atoms with Crippen molar-refractivity contribution in [1.82, 2.24) is 0 Å². The molecule has 2 aromatic rings. The molecule has 0 amide bonds. The highest BCUT2D eigenvalue weighted by atomic mass is 19.1. The van der Waals surface area contributed by atoms with E-state index < -0.39 is 10.9 Å². The Morgan fingerprint density at radius 2 is 1.77 bits per heavy atom. The topological polar surface area (TPSA) is 69.4 Å². The fourth-order valence-corrected chi connectivity index (χ4v) is 2.29. The zero-order valence-electron chi connectivity index (χ0n) is 15.4. The van der Waals surface area contributed by atoms with Crippen molar-refractivity contribution < 1.29 is 18.8 Å². The molecule has 0 aliphatic carbocycles. The normalized spacial score (nSPS) is 11.3. The molecule has 0 spiro atoms. The number of halogens is 1. The number of carbonyl (C=O) groups is 1. The number of hydrogen-bond acceptors (Lipinski definition) is 4. The van der Waals surface area contributed by atoms with Gasteiger partial charge in [0.15, 0.2) is 0 Å². The number of nitro benzene ring substituents is 1. The lowest BCUT2D eigenvalue weighted by Crippen LogP contribution is -2.16. The lowest BCUT2D eigenvalue weighted by atomic mass is 10.1. The third kappa shape index (κ3) is 7.88. The summed E-state index contributed by atoms with van der Waals surface area (Å²) in [5.74, 6) is -0.160. The average molecular weight is 361 g/mol. The molecule has 0 saturated heterocycles. The van der Waals surface area contributed by atoms with E-state index in [1.54, 1.807) is 6.07 Å². The number of hydrogen-bond donors (Lipinski definition) is 0. The number of non-ortho nitro benzene ring substituents is 1. The molecule has 0 N–H and O–H groups in total. The van der Waals surface area contributed by atoms with E-state index in [4.69, 9.17) is 4.74 Å². The molecule has 140 valence electrons. The van der Waals surface area contributed by atoms with E-state index in [2.05, 4.69) is 13.8 Å². The summed E-state index contributed by atoms with van der Waals surface area (Å²) in [6, 6.07) is 11.9. The van der Waals surface area contributed by atoms with E-state index in [0.29, 0.717) is 11.5 Å². The highest BCUT2D eigenvalue weighted by Crippen LogP contribution is 2.15. The van der Waals surface area contributed by atoms with E-state index in [0.717, 1.165) is 12.0 Å². The first kappa shape index (κ1) is 21.3. The predicted molar refractivity (Wildman–Crippen MR) is 98.6 cm³/mol. The quantitative estimate of drug-likeness (QED) is 0.410. The maximum atomic E-state index is 12.2. The van der Waals surface area contributed by atoms with Gasteiger partial charge in [0.2, 0.25) is 0 Å². The molecule has 0 aromatic heterocycles. The monoisotopic (exact) mass is 361 g/mol. The van der Waals surface area contributed by atoms with E-state index in [1.165, 1.54) is 36.4 Å². The minimum absolute atomic E-state index is 0.0400. The molecule has 0 aliphatic rings. The molecule has 1 unspecified atom stereocenters. The molecule has 0 saturated carbocycles. The van der Waals surface area contributed by atoms with Crippen molar-refractivity contribution >= 4 is 11.7 Å². The Morgan fingerprint density at radius 1 is 1.15 bits per heavy atom. The van der Waals surface area contributed by atoms with Crippen molar-refractivity contribution in [3.63, 3.8) is 0 Å². The summed E-state index contributed by atoms with van der Waals surface area (Å²) in [5, 5.41) is 10.5. The van der Waals surface area contributed by atoms with Crippen molar-refractivity contribution in [1.29, 1.82) is 0 Å². The smallest absolute Gasteiger partial charge is 0.338 e. The Morgan fingerprint density at radius 3 is 2.19 bits per heavy atom.